The molecule has 0 spiro atoms. The summed E-state index contributed by atoms with van der Waals surface area (Å²) in [7, 11) is -5.09. The topological polar surface area (TPSA) is 212 Å². The number of carbonyl (C=O) groups is 1. The minimum atomic E-state index is -5.09. The fraction of sp³-hybridized carbons (Fsp3) is 0.971. The lowest BCUT2D eigenvalue weighted by molar-refractivity contribution is -0.298. The minimum Gasteiger partial charge on any atom is -0.394 e. The van der Waals surface area contributed by atoms with Gasteiger partial charge in [0.05, 0.1) is 25.4 Å². The Morgan fingerprint density at radius 1 is 0.750 bits per heavy atom. The predicted molar refractivity (Wildman–Crippen MR) is 182 cm³/mol. The number of unbranched alkanes of at least 4 members (excludes halogenated alkanes) is 17. The third-order valence-corrected chi connectivity index (χ3v) is 9.49. The van der Waals surface area contributed by atoms with Crippen LogP contribution < -0.4 is 5.32 Å². The summed E-state index contributed by atoms with van der Waals surface area (Å²) in [6.45, 7) is 3.04. The first-order valence-electron chi connectivity index (χ1n) is 18.5. The fourth-order valence-corrected chi connectivity index (χ4v) is 6.50. The summed E-state index contributed by atoms with van der Waals surface area (Å²) in [4.78, 5) is 12.9. The molecule has 0 aliphatic carbocycles. The first-order valence-corrected chi connectivity index (χ1v) is 19.9. The van der Waals surface area contributed by atoms with Gasteiger partial charge >= 0.3 is 10.4 Å². The quantitative estimate of drug-likeness (QED) is 0.0415. The largest absolute Gasteiger partial charge is 0.397 e. The number of amides is 1. The average molecular weight is 714 g/mol. The summed E-state index contributed by atoms with van der Waals surface area (Å²) in [5.74, 6) is -0.680. The van der Waals surface area contributed by atoms with Crippen LogP contribution in [0.1, 0.15) is 149 Å². The molecule has 48 heavy (non-hydrogen) atoms. The molecule has 0 radical (unpaired) electrons. The molecule has 0 saturated carbocycles. The highest BCUT2D eigenvalue weighted by molar-refractivity contribution is 7.80. The Balaban J connectivity index is 2.45. The van der Waals surface area contributed by atoms with Crippen molar-refractivity contribution in [3.63, 3.8) is 0 Å². The third kappa shape index (κ3) is 20.0. The number of rotatable bonds is 30. The molecule has 1 aliphatic heterocycles. The van der Waals surface area contributed by atoms with Crippen molar-refractivity contribution in [3.05, 3.63) is 0 Å². The monoisotopic (exact) mass is 713 g/mol. The van der Waals surface area contributed by atoms with Crippen molar-refractivity contribution in [1.82, 2.24) is 5.32 Å². The summed E-state index contributed by atoms with van der Waals surface area (Å²) in [5, 5.41) is 54.3. The van der Waals surface area contributed by atoms with Crippen LogP contribution in [0.2, 0.25) is 0 Å². The molecule has 8 atom stereocenters. The van der Waals surface area contributed by atoms with E-state index in [9.17, 15) is 38.7 Å². The zero-order valence-electron chi connectivity index (χ0n) is 29.4. The standard InChI is InChI=1S/C34H67NO12S/c1-3-5-7-8-9-10-11-12-13-14-15-16-17-18-19-21-23-28(38)33(41)35-26(27(37)22-20-6-4-2)25-45-34-31(40)32(47-48(42,43)44)30(39)29(24-36)46-34/h26-32,34,36-40H,3-25H2,1-2H3,(H,35,41)(H,42,43,44). The van der Waals surface area contributed by atoms with Crippen molar-refractivity contribution in [3.8, 4) is 0 Å². The highest BCUT2D eigenvalue weighted by atomic mass is 32.3. The Labute approximate surface area is 289 Å². The van der Waals surface area contributed by atoms with Gasteiger partial charge in [0.25, 0.3) is 0 Å². The van der Waals surface area contributed by atoms with Crippen LogP contribution in [0.15, 0.2) is 0 Å². The van der Waals surface area contributed by atoms with Crippen LogP contribution in [0.3, 0.4) is 0 Å². The maximum atomic E-state index is 12.9. The van der Waals surface area contributed by atoms with Crippen molar-refractivity contribution in [1.29, 1.82) is 0 Å². The number of carbonyl (C=O) groups excluding carboxylic acids is 1. The van der Waals surface area contributed by atoms with Crippen LogP contribution in [-0.2, 0) is 28.9 Å². The molecule has 7 N–H and O–H groups in total. The van der Waals surface area contributed by atoms with Crippen LogP contribution in [0.25, 0.3) is 0 Å². The predicted octanol–water partition coefficient (Wildman–Crippen LogP) is 4.07. The van der Waals surface area contributed by atoms with Gasteiger partial charge in [-0.3, -0.25) is 9.35 Å². The van der Waals surface area contributed by atoms with Crippen LogP contribution in [0.5, 0.6) is 0 Å². The molecular formula is C34H67NO12S. The zero-order chi connectivity index (χ0) is 35.8. The molecule has 0 aromatic rings. The molecule has 1 rings (SSSR count). The van der Waals surface area contributed by atoms with Gasteiger partial charge in [-0.05, 0) is 12.8 Å². The van der Waals surface area contributed by atoms with E-state index in [1.807, 2.05) is 6.92 Å². The Hall–Kier alpha value is -0.940. The molecule has 8 unspecified atom stereocenters. The Bertz CT molecular complexity index is 911. The van der Waals surface area contributed by atoms with Crippen molar-refractivity contribution in [2.45, 2.75) is 198 Å². The molecule has 1 amide bonds. The van der Waals surface area contributed by atoms with Crippen molar-refractivity contribution in [2.24, 2.45) is 0 Å². The molecule has 1 aliphatic rings. The van der Waals surface area contributed by atoms with E-state index in [1.54, 1.807) is 0 Å². The van der Waals surface area contributed by atoms with Gasteiger partial charge < -0.3 is 40.3 Å². The first-order chi connectivity index (χ1) is 22.9. The molecule has 1 saturated heterocycles. The summed E-state index contributed by atoms with van der Waals surface area (Å²) in [6.07, 6.45) is 11.4. The minimum absolute atomic E-state index is 0.263. The number of aliphatic hydroxyl groups is 5. The Morgan fingerprint density at radius 3 is 1.69 bits per heavy atom. The summed E-state index contributed by atoms with van der Waals surface area (Å²) >= 11 is 0. The second kappa shape index (κ2) is 26.8. The number of hydrogen-bond acceptors (Lipinski definition) is 11. The van der Waals surface area contributed by atoms with Gasteiger partial charge in [0, 0.05) is 0 Å². The van der Waals surface area contributed by atoms with E-state index in [-0.39, 0.29) is 6.42 Å². The fourth-order valence-electron chi connectivity index (χ4n) is 5.99. The lowest BCUT2D eigenvalue weighted by Crippen LogP contribution is -2.61. The van der Waals surface area contributed by atoms with Gasteiger partial charge in [-0.1, -0.05) is 136 Å². The van der Waals surface area contributed by atoms with E-state index in [1.165, 1.54) is 77.0 Å². The van der Waals surface area contributed by atoms with Gasteiger partial charge in [0.15, 0.2) is 6.29 Å². The molecule has 13 nitrogen and oxygen atoms in total. The normalized spacial score (nSPS) is 23.5. The second-order valence-electron chi connectivity index (χ2n) is 13.3. The van der Waals surface area contributed by atoms with E-state index in [4.69, 9.17) is 14.0 Å². The van der Waals surface area contributed by atoms with E-state index in [0.29, 0.717) is 19.3 Å². The maximum absolute atomic E-state index is 12.9. The lowest BCUT2D eigenvalue weighted by atomic mass is 9.99. The number of aliphatic hydroxyl groups excluding tert-OH is 5. The molecule has 14 heteroatoms. The average Bonchev–Trinajstić information content (AvgIpc) is 3.04. The molecule has 0 aromatic carbocycles. The number of hydrogen-bond donors (Lipinski definition) is 7. The second-order valence-corrected chi connectivity index (χ2v) is 14.4. The van der Waals surface area contributed by atoms with Crippen molar-refractivity contribution in [2.75, 3.05) is 13.2 Å². The van der Waals surface area contributed by atoms with Crippen molar-refractivity contribution < 1.29 is 57.0 Å². The highest BCUT2D eigenvalue weighted by Gasteiger charge is 2.48. The van der Waals surface area contributed by atoms with Crippen LogP contribution in [0, 0.1) is 0 Å². The van der Waals surface area contributed by atoms with Gasteiger partial charge in [0.1, 0.15) is 30.5 Å². The SMILES string of the molecule is CCCCCCCCCCCCCCCCCCC(O)C(=O)NC(COC1OC(CO)C(O)C(OS(=O)(=O)O)C1O)C(O)CCCCC. The van der Waals surface area contributed by atoms with Crippen LogP contribution in [-0.4, -0.2) is 107 Å². The molecule has 1 fully saturated rings. The molecular weight excluding hydrogens is 646 g/mol. The van der Waals surface area contributed by atoms with Gasteiger partial charge in [-0.2, -0.15) is 8.42 Å². The Kier molecular flexibility index (Phi) is 25.2. The molecule has 1 heterocycles. The smallest absolute Gasteiger partial charge is 0.394 e. The van der Waals surface area contributed by atoms with Gasteiger partial charge in [-0.25, -0.2) is 4.18 Å². The molecule has 286 valence electrons. The van der Waals surface area contributed by atoms with Crippen molar-refractivity contribution >= 4 is 16.3 Å². The van der Waals surface area contributed by atoms with E-state index < -0.39 is 78.5 Å². The van der Waals surface area contributed by atoms with E-state index in [0.717, 1.165) is 32.1 Å². The lowest BCUT2D eigenvalue weighted by Gasteiger charge is -2.41. The third-order valence-electron chi connectivity index (χ3n) is 9.02. The molecule has 0 bridgehead atoms. The van der Waals surface area contributed by atoms with Crippen LogP contribution >= 0.6 is 0 Å². The van der Waals surface area contributed by atoms with Gasteiger partial charge in [0.2, 0.25) is 5.91 Å². The number of ether oxygens (including phenoxy) is 2. The Morgan fingerprint density at radius 2 is 1.21 bits per heavy atom. The maximum Gasteiger partial charge on any atom is 0.397 e. The van der Waals surface area contributed by atoms with E-state index >= 15 is 0 Å². The van der Waals surface area contributed by atoms with Crippen LogP contribution in [0.4, 0.5) is 0 Å². The molecule has 0 aromatic heterocycles. The van der Waals surface area contributed by atoms with Gasteiger partial charge in [-0.15, -0.1) is 0 Å². The first kappa shape index (κ1) is 45.1. The summed E-state index contributed by atoms with van der Waals surface area (Å²) in [6, 6.07) is -1.02. The number of nitrogens with one attached hydrogen (secondary N) is 1. The zero-order valence-corrected chi connectivity index (χ0v) is 30.2. The summed E-state index contributed by atoms with van der Waals surface area (Å²) < 4.78 is 46.9. The highest BCUT2D eigenvalue weighted by Crippen LogP contribution is 2.26. The summed E-state index contributed by atoms with van der Waals surface area (Å²) in [5.41, 5.74) is 0. The van der Waals surface area contributed by atoms with E-state index in [2.05, 4.69) is 16.4 Å².